The van der Waals surface area contributed by atoms with Crippen molar-refractivity contribution in [3.8, 4) is 0 Å². The third kappa shape index (κ3) is 5.19. The number of halogens is 2. The third-order valence-corrected chi connectivity index (χ3v) is 6.11. The van der Waals surface area contributed by atoms with E-state index in [-0.39, 0.29) is 5.91 Å². The Morgan fingerprint density at radius 2 is 1.73 bits per heavy atom. The number of carbonyl (C=O) groups excluding carboxylic acids is 1. The Labute approximate surface area is 194 Å². The Balaban J connectivity index is 1.62. The van der Waals surface area contributed by atoms with E-state index in [1.807, 2.05) is 60.7 Å². The van der Waals surface area contributed by atoms with Gasteiger partial charge in [0.1, 0.15) is 5.76 Å². The molecular formula is C22H15Br2N3O2S. The number of nitrogens with zero attached hydrogens (tertiary/aromatic N) is 3. The molecule has 1 amide bonds. The minimum Gasteiger partial charge on any atom is -0.467 e. The fourth-order valence-electron chi connectivity index (χ4n) is 2.76. The summed E-state index contributed by atoms with van der Waals surface area (Å²) in [4.78, 5) is 15.2. The quantitative estimate of drug-likeness (QED) is 0.215. The second-order valence-electron chi connectivity index (χ2n) is 6.32. The number of amidine groups is 1. The van der Waals surface area contributed by atoms with Gasteiger partial charge in [0, 0.05) is 8.95 Å². The first-order valence-electron chi connectivity index (χ1n) is 8.94. The maximum Gasteiger partial charge on any atom is 0.267 e. The molecule has 8 heteroatoms. The van der Waals surface area contributed by atoms with Crippen molar-refractivity contribution in [1.82, 2.24) is 4.90 Å². The zero-order chi connectivity index (χ0) is 20.9. The lowest BCUT2D eigenvalue weighted by Gasteiger charge is -2.12. The van der Waals surface area contributed by atoms with Gasteiger partial charge < -0.3 is 4.42 Å². The summed E-state index contributed by atoms with van der Waals surface area (Å²) in [6.07, 6.45) is 5.10. The fraction of sp³-hybridized carbons (Fsp3) is 0.0455. The van der Waals surface area contributed by atoms with E-state index >= 15 is 0 Å². The van der Waals surface area contributed by atoms with Gasteiger partial charge >= 0.3 is 0 Å². The highest BCUT2D eigenvalue weighted by atomic mass is 79.9. The highest BCUT2D eigenvalue weighted by Crippen LogP contribution is 2.34. The number of amides is 1. The molecule has 150 valence electrons. The van der Waals surface area contributed by atoms with Gasteiger partial charge in [-0.1, -0.05) is 56.1 Å². The van der Waals surface area contributed by atoms with Crippen LogP contribution in [0.2, 0.25) is 0 Å². The van der Waals surface area contributed by atoms with E-state index in [9.17, 15) is 4.79 Å². The zero-order valence-electron chi connectivity index (χ0n) is 15.5. The Bertz CT molecular complexity index is 1160. The van der Waals surface area contributed by atoms with Crippen LogP contribution < -0.4 is 0 Å². The van der Waals surface area contributed by atoms with E-state index in [0.717, 1.165) is 20.1 Å². The van der Waals surface area contributed by atoms with E-state index in [1.165, 1.54) is 11.8 Å². The molecule has 0 radical (unpaired) electrons. The molecule has 2 aromatic carbocycles. The fourth-order valence-corrected chi connectivity index (χ4v) is 4.53. The highest BCUT2D eigenvalue weighted by molar-refractivity contribution is 9.10. The molecule has 1 aromatic heterocycles. The van der Waals surface area contributed by atoms with Gasteiger partial charge in [0.15, 0.2) is 5.17 Å². The van der Waals surface area contributed by atoms with Crippen molar-refractivity contribution in [1.29, 1.82) is 0 Å². The topological polar surface area (TPSA) is 58.2 Å². The largest absolute Gasteiger partial charge is 0.467 e. The maximum atomic E-state index is 13.1. The van der Waals surface area contributed by atoms with Crippen LogP contribution in [0.1, 0.15) is 16.9 Å². The summed E-state index contributed by atoms with van der Waals surface area (Å²) in [6.45, 7) is 0.292. The van der Waals surface area contributed by atoms with Crippen molar-refractivity contribution in [2.45, 2.75) is 6.54 Å². The van der Waals surface area contributed by atoms with E-state index in [2.05, 4.69) is 42.1 Å². The van der Waals surface area contributed by atoms with Crippen LogP contribution in [0.3, 0.4) is 0 Å². The molecule has 0 bridgehead atoms. The summed E-state index contributed by atoms with van der Waals surface area (Å²) in [5.74, 6) is 0.545. The number of hydrogen-bond acceptors (Lipinski definition) is 5. The summed E-state index contributed by atoms with van der Waals surface area (Å²) in [6, 6.07) is 19.1. The van der Waals surface area contributed by atoms with Gasteiger partial charge in [-0.25, -0.2) is 0 Å². The van der Waals surface area contributed by atoms with Crippen LogP contribution in [0, 0.1) is 0 Å². The van der Waals surface area contributed by atoms with Gasteiger partial charge in [-0.15, -0.1) is 5.10 Å². The van der Waals surface area contributed by atoms with Gasteiger partial charge in [-0.3, -0.25) is 9.69 Å². The second-order valence-corrected chi connectivity index (χ2v) is 9.16. The van der Waals surface area contributed by atoms with E-state index in [1.54, 1.807) is 23.4 Å². The van der Waals surface area contributed by atoms with Crippen molar-refractivity contribution in [3.63, 3.8) is 0 Å². The predicted octanol–water partition coefficient (Wildman–Crippen LogP) is 6.31. The van der Waals surface area contributed by atoms with Gasteiger partial charge in [-0.2, -0.15) is 5.10 Å². The maximum absolute atomic E-state index is 13.1. The lowest BCUT2D eigenvalue weighted by Crippen LogP contribution is -2.28. The first kappa shape index (κ1) is 20.8. The van der Waals surface area contributed by atoms with Gasteiger partial charge in [0.05, 0.1) is 23.9 Å². The summed E-state index contributed by atoms with van der Waals surface area (Å²) in [5, 5.41) is 9.02. The molecule has 0 aliphatic carbocycles. The van der Waals surface area contributed by atoms with Crippen LogP contribution in [0.4, 0.5) is 0 Å². The lowest BCUT2D eigenvalue weighted by molar-refractivity contribution is -0.122. The average molecular weight is 545 g/mol. The molecule has 0 N–H and O–H groups in total. The van der Waals surface area contributed by atoms with Gasteiger partial charge in [0.25, 0.3) is 5.91 Å². The van der Waals surface area contributed by atoms with E-state index in [0.29, 0.717) is 22.4 Å². The van der Waals surface area contributed by atoms with Crippen molar-refractivity contribution in [3.05, 3.63) is 97.7 Å². The molecule has 0 unspecified atom stereocenters. The first-order valence-corrected chi connectivity index (χ1v) is 11.3. The standard InChI is InChI=1S/C22H15Br2N3O2S/c23-17-6-1-4-15(10-17)12-20-21(28)27(14-19-8-3-9-29-19)22(30-20)26-25-13-16-5-2-7-18(24)11-16/h1-13H,14H2/b20-12-,25-13+,26-22-. The molecule has 0 saturated carbocycles. The highest BCUT2D eigenvalue weighted by Gasteiger charge is 2.34. The number of rotatable bonds is 5. The number of hydrogen-bond donors (Lipinski definition) is 0. The number of carbonyl (C=O) groups is 1. The molecule has 1 saturated heterocycles. The number of furan rings is 1. The van der Waals surface area contributed by atoms with Gasteiger partial charge in [0.2, 0.25) is 0 Å². The third-order valence-electron chi connectivity index (χ3n) is 4.13. The van der Waals surface area contributed by atoms with E-state index in [4.69, 9.17) is 4.42 Å². The Morgan fingerprint density at radius 1 is 1.00 bits per heavy atom. The lowest BCUT2D eigenvalue weighted by atomic mass is 10.2. The van der Waals surface area contributed by atoms with Crippen LogP contribution >= 0.6 is 43.6 Å². The minimum atomic E-state index is -0.132. The Kier molecular flexibility index (Phi) is 6.66. The molecule has 1 fully saturated rings. The van der Waals surface area contributed by atoms with Crippen molar-refractivity contribution >= 4 is 67.0 Å². The molecule has 0 atom stereocenters. The normalized spacial score (nSPS) is 17.0. The SMILES string of the molecule is O=C1/C(=C/c2cccc(Br)c2)S/C(=N\N=C\c2cccc(Br)c2)N1Cc1ccco1. The van der Waals surface area contributed by atoms with Crippen LogP contribution in [-0.2, 0) is 11.3 Å². The molecule has 3 aromatic rings. The van der Waals surface area contributed by atoms with Crippen molar-refractivity contribution < 1.29 is 9.21 Å². The first-order chi connectivity index (χ1) is 14.6. The monoisotopic (exact) mass is 543 g/mol. The smallest absolute Gasteiger partial charge is 0.267 e. The van der Waals surface area contributed by atoms with Crippen molar-refractivity contribution in [2.75, 3.05) is 0 Å². The van der Waals surface area contributed by atoms with Crippen LogP contribution in [-0.4, -0.2) is 22.2 Å². The molecule has 1 aliphatic rings. The molecule has 5 nitrogen and oxygen atoms in total. The Morgan fingerprint density at radius 3 is 2.43 bits per heavy atom. The molecule has 1 aliphatic heterocycles. The summed E-state index contributed by atoms with van der Waals surface area (Å²) >= 11 is 8.20. The van der Waals surface area contributed by atoms with Gasteiger partial charge in [-0.05, 0) is 65.4 Å². The van der Waals surface area contributed by atoms with Crippen molar-refractivity contribution in [2.24, 2.45) is 10.2 Å². The minimum absolute atomic E-state index is 0.132. The predicted molar refractivity (Wildman–Crippen MR) is 128 cm³/mol. The zero-order valence-corrected chi connectivity index (χ0v) is 19.5. The molecular weight excluding hydrogens is 530 g/mol. The number of benzene rings is 2. The number of thioether (sulfide) groups is 1. The summed E-state index contributed by atoms with van der Waals surface area (Å²) in [5.41, 5.74) is 1.84. The van der Waals surface area contributed by atoms with Crippen LogP contribution in [0.25, 0.3) is 6.08 Å². The molecule has 4 rings (SSSR count). The second kappa shape index (κ2) is 9.59. The summed E-state index contributed by atoms with van der Waals surface area (Å²) < 4.78 is 7.33. The summed E-state index contributed by atoms with van der Waals surface area (Å²) in [7, 11) is 0. The van der Waals surface area contributed by atoms with Crippen LogP contribution in [0.5, 0.6) is 0 Å². The molecule has 2 heterocycles. The van der Waals surface area contributed by atoms with E-state index < -0.39 is 0 Å². The Hall–Kier alpha value is -2.42. The average Bonchev–Trinajstić information content (AvgIpc) is 3.33. The van der Waals surface area contributed by atoms with Crippen LogP contribution in [0.15, 0.2) is 95.4 Å². The molecule has 30 heavy (non-hydrogen) atoms. The molecule has 0 spiro atoms.